The summed E-state index contributed by atoms with van der Waals surface area (Å²) in [6.07, 6.45) is 0.832. The molecule has 1 atom stereocenters. The van der Waals surface area contributed by atoms with E-state index >= 15 is 0 Å². The summed E-state index contributed by atoms with van der Waals surface area (Å²) in [6, 6.07) is 0. The molecule has 0 aromatic heterocycles. The summed E-state index contributed by atoms with van der Waals surface area (Å²) in [6.45, 7) is 5.66. The van der Waals surface area contributed by atoms with Crippen molar-refractivity contribution in [3.63, 3.8) is 0 Å². The van der Waals surface area contributed by atoms with Crippen LogP contribution in [0.3, 0.4) is 0 Å². The molecule has 1 unspecified atom stereocenters. The van der Waals surface area contributed by atoms with Crippen molar-refractivity contribution >= 4 is 7.60 Å². The van der Waals surface area contributed by atoms with Crippen molar-refractivity contribution in [3.05, 3.63) is 0 Å². The first kappa shape index (κ1) is 10.2. The summed E-state index contributed by atoms with van der Waals surface area (Å²) in [5.41, 5.74) is 0. The highest BCUT2D eigenvalue weighted by molar-refractivity contribution is 7.51. The van der Waals surface area contributed by atoms with Crippen LogP contribution < -0.4 is 0 Å². The molecule has 0 fully saturated rings. The minimum atomic E-state index is -3.22. The number of hydrogen-bond acceptors (Lipinski definition) is 2. The average molecular weight is 166 g/mol. The van der Waals surface area contributed by atoms with Gasteiger partial charge in [-0.1, -0.05) is 13.8 Å². The third kappa shape index (κ3) is 8.15. The topological polar surface area (TPSA) is 46.5 Å². The molecule has 0 aliphatic heterocycles. The zero-order valence-electron chi connectivity index (χ0n) is 6.70. The highest BCUT2D eigenvalue weighted by atomic mass is 31.2. The Balaban J connectivity index is 3.30. The van der Waals surface area contributed by atoms with Crippen molar-refractivity contribution in [2.45, 2.75) is 20.3 Å². The van der Waals surface area contributed by atoms with Gasteiger partial charge in [0.05, 0.1) is 6.61 Å². The van der Waals surface area contributed by atoms with Gasteiger partial charge in [-0.05, 0) is 12.3 Å². The maximum Gasteiger partial charge on any atom is 0.325 e. The normalized spacial score (nSPS) is 17.3. The smallest absolute Gasteiger partial charge is 0.324 e. The van der Waals surface area contributed by atoms with Gasteiger partial charge < -0.3 is 9.42 Å². The molecule has 0 aromatic rings. The maximum atomic E-state index is 10.5. The van der Waals surface area contributed by atoms with E-state index in [2.05, 4.69) is 4.52 Å². The van der Waals surface area contributed by atoms with Crippen LogP contribution in [-0.2, 0) is 9.09 Å². The van der Waals surface area contributed by atoms with Gasteiger partial charge in [-0.3, -0.25) is 4.57 Å². The van der Waals surface area contributed by atoms with Crippen LogP contribution in [0.25, 0.3) is 0 Å². The molecule has 4 heteroatoms. The minimum Gasteiger partial charge on any atom is -0.324 e. The quantitative estimate of drug-likeness (QED) is 0.648. The van der Waals surface area contributed by atoms with E-state index in [0.717, 1.165) is 6.42 Å². The van der Waals surface area contributed by atoms with Crippen molar-refractivity contribution in [3.8, 4) is 0 Å². The minimum absolute atomic E-state index is 0.377. The fourth-order valence-corrected chi connectivity index (χ4v) is 0.902. The van der Waals surface area contributed by atoms with Gasteiger partial charge in [-0.2, -0.15) is 0 Å². The molecule has 0 bridgehead atoms. The predicted molar refractivity (Wildman–Crippen MR) is 41.2 cm³/mol. The zero-order valence-corrected chi connectivity index (χ0v) is 7.60. The molecule has 3 nitrogen and oxygen atoms in total. The lowest BCUT2D eigenvalue weighted by Gasteiger charge is -2.07. The van der Waals surface area contributed by atoms with Gasteiger partial charge in [0.2, 0.25) is 0 Å². The summed E-state index contributed by atoms with van der Waals surface area (Å²) in [4.78, 5) is 8.66. The second-order valence-electron chi connectivity index (χ2n) is 2.82. The van der Waals surface area contributed by atoms with Crippen molar-refractivity contribution < 1.29 is 14.0 Å². The summed E-state index contributed by atoms with van der Waals surface area (Å²) >= 11 is 0. The first-order valence-electron chi connectivity index (χ1n) is 3.36. The Kier molecular flexibility index (Phi) is 4.18. The average Bonchev–Trinajstić information content (AvgIpc) is 1.59. The molecule has 0 aromatic carbocycles. The van der Waals surface area contributed by atoms with E-state index in [1.807, 2.05) is 13.8 Å². The number of hydrogen-bond donors (Lipinski definition) is 1. The summed E-state index contributed by atoms with van der Waals surface area (Å²) in [7, 11) is -3.22. The molecular formula is C6H15O3P. The predicted octanol–water partition coefficient (Wildman–Crippen LogP) is 1.86. The van der Waals surface area contributed by atoms with Gasteiger partial charge in [0.15, 0.2) is 0 Å². The Hall–Kier alpha value is 0.150. The molecule has 0 rings (SSSR count). The van der Waals surface area contributed by atoms with Crippen molar-refractivity contribution in [1.29, 1.82) is 0 Å². The lowest BCUT2D eigenvalue weighted by Crippen LogP contribution is -1.96. The van der Waals surface area contributed by atoms with Gasteiger partial charge in [0.1, 0.15) is 0 Å². The van der Waals surface area contributed by atoms with Gasteiger partial charge in [0, 0.05) is 6.66 Å². The van der Waals surface area contributed by atoms with E-state index in [9.17, 15) is 4.57 Å². The Labute approximate surface area is 61.9 Å². The monoisotopic (exact) mass is 166 g/mol. The summed E-state index contributed by atoms with van der Waals surface area (Å²) in [5.74, 6) is 0.520. The Bertz CT molecular complexity index is 127. The van der Waals surface area contributed by atoms with Crippen LogP contribution in [0, 0.1) is 5.92 Å². The second-order valence-corrected chi connectivity index (χ2v) is 4.68. The van der Waals surface area contributed by atoms with E-state index < -0.39 is 7.60 Å². The fourth-order valence-electron chi connectivity index (χ4n) is 0.458. The molecule has 0 amide bonds. The molecule has 62 valence electrons. The SMILES string of the molecule is CC(C)CCOP(C)(=O)O. The zero-order chi connectivity index (χ0) is 8.20. The first-order valence-corrected chi connectivity index (χ1v) is 5.39. The third-order valence-corrected chi connectivity index (χ3v) is 1.69. The molecular weight excluding hydrogens is 151 g/mol. The molecule has 0 aliphatic rings. The second kappa shape index (κ2) is 4.12. The van der Waals surface area contributed by atoms with Crippen LogP contribution in [0.5, 0.6) is 0 Å². The standard InChI is InChI=1S/C6H15O3P/c1-6(2)4-5-9-10(3,7)8/h6H,4-5H2,1-3H3,(H,7,8). The first-order chi connectivity index (χ1) is 4.42. The summed E-state index contributed by atoms with van der Waals surface area (Å²) < 4.78 is 15.2. The van der Waals surface area contributed by atoms with Gasteiger partial charge >= 0.3 is 7.60 Å². The van der Waals surface area contributed by atoms with Crippen molar-refractivity contribution in [1.82, 2.24) is 0 Å². The van der Waals surface area contributed by atoms with Crippen molar-refractivity contribution in [2.24, 2.45) is 5.92 Å². The molecule has 0 spiro atoms. The maximum absolute atomic E-state index is 10.5. The van der Waals surface area contributed by atoms with E-state index in [4.69, 9.17) is 4.89 Å². The van der Waals surface area contributed by atoms with Crippen LogP contribution in [0.15, 0.2) is 0 Å². The summed E-state index contributed by atoms with van der Waals surface area (Å²) in [5, 5.41) is 0. The van der Waals surface area contributed by atoms with E-state index in [1.54, 1.807) is 0 Å². The van der Waals surface area contributed by atoms with Gasteiger partial charge in [-0.15, -0.1) is 0 Å². The molecule has 0 heterocycles. The van der Waals surface area contributed by atoms with E-state index in [1.165, 1.54) is 6.66 Å². The fraction of sp³-hybridized carbons (Fsp3) is 1.00. The van der Waals surface area contributed by atoms with Crippen molar-refractivity contribution in [2.75, 3.05) is 13.3 Å². The third-order valence-electron chi connectivity index (χ3n) is 1.03. The molecule has 0 aliphatic carbocycles. The van der Waals surface area contributed by atoms with Crippen LogP contribution in [0.4, 0.5) is 0 Å². The van der Waals surface area contributed by atoms with E-state index in [0.29, 0.717) is 12.5 Å². The van der Waals surface area contributed by atoms with Gasteiger partial charge in [0.25, 0.3) is 0 Å². The Morgan fingerprint density at radius 2 is 2.10 bits per heavy atom. The lowest BCUT2D eigenvalue weighted by atomic mass is 10.2. The Morgan fingerprint density at radius 1 is 1.60 bits per heavy atom. The van der Waals surface area contributed by atoms with Crippen LogP contribution >= 0.6 is 7.60 Å². The molecule has 10 heavy (non-hydrogen) atoms. The highest BCUT2D eigenvalue weighted by Crippen LogP contribution is 2.36. The van der Waals surface area contributed by atoms with Crippen LogP contribution in [-0.4, -0.2) is 18.2 Å². The Morgan fingerprint density at radius 3 is 2.40 bits per heavy atom. The molecule has 0 radical (unpaired) electrons. The van der Waals surface area contributed by atoms with Crippen LogP contribution in [0.2, 0.25) is 0 Å². The molecule has 1 N–H and O–H groups in total. The van der Waals surface area contributed by atoms with Crippen LogP contribution in [0.1, 0.15) is 20.3 Å². The number of rotatable bonds is 4. The van der Waals surface area contributed by atoms with E-state index in [-0.39, 0.29) is 0 Å². The molecule has 0 saturated heterocycles. The highest BCUT2D eigenvalue weighted by Gasteiger charge is 2.08. The largest absolute Gasteiger partial charge is 0.325 e. The lowest BCUT2D eigenvalue weighted by molar-refractivity contribution is 0.248. The van der Waals surface area contributed by atoms with Gasteiger partial charge in [-0.25, -0.2) is 0 Å². The molecule has 0 saturated carbocycles.